The predicted octanol–water partition coefficient (Wildman–Crippen LogP) is -1.32. The molecule has 0 spiro atoms. The van der Waals surface area contributed by atoms with Crippen LogP contribution in [0, 0.1) is 6.42 Å². The van der Waals surface area contributed by atoms with Crippen LogP contribution in [0.15, 0.2) is 0 Å². The van der Waals surface area contributed by atoms with Crippen LogP contribution in [0.1, 0.15) is 0 Å². The van der Waals surface area contributed by atoms with Crippen molar-refractivity contribution in [3.63, 3.8) is 0 Å². The van der Waals surface area contributed by atoms with Gasteiger partial charge in [-0.1, -0.05) is 0 Å². The first-order chi connectivity index (χ1) is 3.39. The molecule has 1 rings (SSSR count). The van der Waals surface area contributed by atoms with E-state index in [0.717, 1.165) is 0 Å². The van der Waals surface area contributed by atoms with E-state index < -0.39 is 0 Å². The highest BCUT2D eigenvalue weighted by molar-refractivity contribution is 5.90. The Balaban J connectivity index is 2.51. The average Bonchev–Trinajstić information content (AvgIpc) is 1.69. The second-order valence-electron chi connectivity index (χ2n) is 1.21. The molecule has 0 fully saturated rings. The Kier molecular flexibility index (Phi) is 1.06. The smallest absolute Gasteiger partial charge is 0.276 e. The monoisotopic (exact) mass is 97.0 g/mol. The summed E-state index contributed by atoms with van der Waals surface area (Å²) in [5.74, 6) is -0.154. The zero-order valence-corrected chi connectivity index (χ0v) is 3.72. The van der Waals surface area contributed by atoms with Gasteiger partial charge in [0.05, 0.1) is 6.54 Å². The lowest BCUT2D eigenvalue weighted by Crippen LogP contribution is -2.28. The molecule has 0 aromatic rings. The van der Waals surface area contributed by atoms with Crippen molar-refractivity contribution >= 4 is 12.2 Å². The van der Waals surface area contributed by atoms with E-state index in [4.69, 9.17) is 0 Å². The molecule has 3 heteroatoms. The predicted molar refractivity (Wildman–Crippen MR) is 25.5 cm³/mol. The molecule has 0 saturated carbocycles. The van der Waals surface area contributed by atoms with Crippen molar-refractivity contribution in [1.29, 1.82) is 0 Å². The molecule has 0 atom stereocenters. The molecule has 36 valence electrons. The average molecular weight is 97.1 g/mol. The van der Waals surface area contributed by atoms with Crippen LogP contribution in [0.5, 0.6) is 0 Å². The van der Waals surface area contributed by atoms with Gasteiger partial charge in [-0.15, -0.1) is 0 Å². The third kappa shape index (κ3) is 0.994. The molecule has 1 aliphatic rings. The second kappa shape index (κ2) is 1.73. The molecule has 3 nitrogen and oxygen atoms in total. The standard InChI is InChI=1S/C4H5N2O/c7-4-1-2-5-3-6-4/h1,3,5H,2H2/q+1. The van der Waals surface area contributed by atoms with Gasteiger partial charge in [0.15, 0.2) is 0 Å². The van der Waals surface area contributed by atoms with Crippen LogP contribution >= 0.6 is 0 Å². The molecule has 0 aliphatic carbocycles. The van der Waals surface area contributed by atoms with Crippen LogP contribution in [-0.4, -0.2) is 18.8 Å². The first-order valence-electron chi connectivity index (χ1n) is 2.03. The first-order valence-corrected chi connectivity index (χ1v) is 2.03. The SMILES string of the molecule is O=C1[CH]CNC=[N+]1. The van der Waals surface area contributed by atoms with Gasteiger partial charge in [-0.3, -0.25) is 5.32 Å². The molecule has 1 amide bonds. The van der Waals surface area contributed by atoms with Crippen LogP contribution < -0.4 is 10.3 Å². The molecule has 0 aromatic heterocycles. The van der Waals surface area contributed by atoms with Crippen molar-refractivity contribution in [1.82, 2.24) is 10.3 Å². The quantitative estimate of drug-likeness (QED) is 0.407. The fourth-order valence-corrected chi connectivity index (χ4v) is 0.361. The van der Waals surface area contributed by atoms with E-state index in [9.17, 15) is 4.79 Å². The number of rotatable bonds is 0. The fourth-order valence-electron chi connectivity index (χ4n) is 0.361. The minimum atomic E-state index is -0.154. The Bertz CT molecular complexity index is 108. The van der Waals surface area contributed by atoms with E-state index in [1.54, 1.807) is 0 Å². The molecule has 0 aromatic carbocycles. The van der Waals surface area contributed by atoms with Crippen molar-refractivity contribution in [2.45, 2.75) is 0 Å². The van der Waals surface area contributed by atoms with Crippen LogP contribution in [0.2, 0.25) is 0 Å². The number of hydrogen-bond donors (Lipinski definition) is 1. The van der Waals surface area contributed by atoms with Crippen molar-refractivity contribution in [3.8, 4) is 0 Å². The Morgan fingerprint density at radius 1 is 1.86 bits per heavy atom. The normalized spacial score (nSPS) is 19.1. The van der Waals surface area contributed by atoms with Crippen LogP contribution in [-0.2, 0) is 4.79 Å². The van der Waals surface area contributed by atoms with Gasteiger partial charge in [0, 0.05) is 0 Å². The molecule has 0 bridgehead atoms. The number of nitrogens with one attached hydrogen (secondary N) is 1. The highest BCUT2D eigenvalue weighted by Crippen LogP contribution is 1.74. The first kappa shape index (κ1) is 4.30. The highest BCUT2D eigenvalue weighted by Gasteiger charge is 2.10. The van der Waals surface area contributed by atoms with Crippen molar-refractivity contribution < 1.29 is 4.79 Å². The van der Waals surface area contributed by atoms with Crippen LogP contribution in [0.4, 0.5) is 0 Å². The van der Waals surface area contributed by atoms with Gasteiger partial charge >= 0.3 is 5.91 Å². The number of nitrogens with zero attached hydrogens (tertiary/aromatic N) is 1. The summed E-state index contributed by atoms with van der Waals surface area (Å²) < 4.78 is 0. The van der Waals surface area contributed by atoms with E-state index in [0.29, 0.717) is 6.54 Å². The summed E-state index contributed by atoms with van der Waals surface area (Å²) in [5.41, 5.74) is 0. The summed E-state index contributed by atoms with van der Waals surface area (Å²) >= 11 is 0. The Morgan fingerprint density at radius 2 is 2.71 bits per heavy atom. The van der Waals surface area contributed by atoms with Crippen molar-refractivity contribution in [2.24, 2.45) is 0 Å². The number of amides is 1. The molecule has 2 radical (unpaired) electrons. The summed E-state index contributed by atoms with van der Waals surface area (Å²) in [4.78, 5) is 13.6. The maximum absolute atomic E-state index is 10.2. The maximum atomic E-state index is 10.2. The second-order valence-corrected chi connectivity index (χ2v) is 1.21. The van der Waals surface area contributed by atoms with E-state index in [2.05, 4.69) is 10.3 Å². The minimum Gasteiger partial charge on any atom is -0.276 e. The van der Waals surface area contributed by atoms with Gasteiger partial charge < -0.3 is 0 Å². The summed E-state index contributed by atoms with van der Waals surface area (Å²) in [6, 6.07) is 0. The van der Waals surface area contributed by atoms with E-state index in [-0.39, 0.29) is 5.91 Å². The van der Waals surface area contributed by atoms with Gasteiger partial charge in [0.25, 0.3) is 6.34 Å². The zero-order chi connectivity index (χ0) is 5.11. The van der Waals surface area contributed by atoms with Gasteiger partial charge in [-0.2, -0.15) is 0 Å². The minimum absolute atomic E-state index is 0.154. The Hall–Kier alpha value is -0.860. The van der Waals surface area contributed by atoms with Gasteiger partial charge in [-0.05, 0) is 4.99 Å². The molecular weight excluding hydrogens is 92.1 g/mol. The van der Waals surface area contributed by atoms with Crippen molar-refractivity contribution in [3.05, 3.63) is 6.42 Å². The summed E-state index contributed by atoms with van der Waals surface area (Å²) in [6.07, 6.45) is 2.89. The summed E-state index contributed by atoms with van der Waals surface area (Å²) in [5, 5.41) is 2.75. The van der Waals surface area contributed by atoms with Gasteiger partial charge in [0.1, 0.15) is 6.42 Å². The maximum Gasteiger partial charge on any atom is 0.359 e. The molecule has 7 heavy (non-hydrogen) atoms. The molecule has 1 aliphatic heterocycles. The lowest BCUT2D eigenvalue weighted by Gasteiger charge is -1.89. The Morgan fingerprint density at radius 3 is 3.00 bits per heavy atom. The third-order valence-electron chi connectivity index (χ3n) is 0.678. The van der Waals surface area contributed by atoms with Crippen LogP contribution in [0.25, 0.3) is 0 Å². The largest absolute Gasteiger partial charge is 0.359 e. The number of aliphatic imine (C=N–C) groups is 1. The summed E-state index contributed by atoms with van der Waals surface area (Å²) in [7, 11) is 0. The Labute approximate surface area is 41.4 Å². The number of carbonyl (C=O) groups is 1. The number of carbonyl (C=O) groups excluding carboxylic acids is 1. The van der Waals surface area contributed by atoms with Gasteiger partial charge in [-0.25, -0.2) is 4.79 Å². The molecule has 0 saturated heterocycles. The molecule has 0 unspecified atom stereocenters. The van der Waals surface area contributed by atoms with Crippen LogP contribution in [0.3, 0.4) is 0 Å². The third-order valence-corrected chi connectivity index (χ3v) is 0.678. The van der Waals surface area contributed by atoms with Crippen molar-refractivity contribution in [2.75, 3.05) is 6.54 Å². The lowest BCUT2D eigenvalue weighted by molar-refractivity contribution is -0.116. The fraction of sp³-hybridized carbons (Fsp3) is 0.250. The molecular formula is C4H5N2O+. The zero-order valence-electron chi connectivity index (χ0n) is 3.72. The lowest BCUT2D eigenvalue weighted by atomic mass is 10.4. The van der Waals surface area contributed by atoms with E-state index >= 15 is 0 Å². The highest BCUT2D eigenvalue weighted by atomic mass is 16.1. The molecule has 1 heterocycles. The van der Waals surface area contributed by atoms with E-state index in [1.165, 1.54) is 12.8 Å². The topological polar surface area (TPSA) is 43.2 Å². The summed E-state index contributed by atoms with van der Waals surface area (Å²) in [6.45, 7) is 0.613. The van der Waals surface area contributed by atoms with Gasteiger partial charge in [0.2, 0.25) is 0 Å². The van der Waals surface area contributed by atoms with E-state index in [1.807, 2.05) is 0 Å². The molecule has 1 N–H and O–H groups in total. The number of hydrogen-bond acceptors (Lipinski definition) is 2.